The monoisotopic (exact) mass is 378 g/mol. The number of rotatable bonds is 6. The maximum Gasteiger partial charge on any atom is 0.277 e. The molecule has 4 aromatic rings. The summed E-state index contributed by atoms with van der Waals surface area (Å²) in [5.41, 5.74) is 4.06. The van der Waals surface area contributed by atoms with Crippen molar-refractivity contribution in [2.45, 2.75) is 18.6 Å². The molecular formula is C20H18N4O2S. The number of aromatic nitrogens is 3. The number of amides is 1. The van der Waals surface area contributed by atoms with E-state index in [9.17, 15) is 4.79 Å². The van der Waals surface area contributed by atoms with Gasteiger partial charge >= 0.3 is 0 Å². The molecule has 0 saturated carbocycles. The number of H-pyrrole nitrogens is 1. The van der Waals surface area contributed by atoms with E-state index < -0.39 is 0 Å². The summed E-state index contributed by atoms with van der Waals surface area (Å²) in [5.74, 6) is 0.631. The van der Waals surface area contributed by atoms with Gasteiger partial charge in [0.05, 0.1) is 12.2 Å². The standard InChI is InChI=1S/C20H18N4O2S/c1-13-5-4-6-15(9-13)22-18(25)12-27-20-24-23-19(26-20)10-14-11-21-17-8-3-2-7-16(14)17/h2-9,11,21H,10,12H2,1H3,(H,22,25). The zero-order chi connectivity index (χ0) is 18.6. The van der Waals surface area contributed by atoms with Gasteiger partial charge in [-0.05, 0) is 36.2 Å². The van der Waals surface area contributed by atoms with Crippen LogP contribution in [0.2, 0.25) is 0 Å². The lowest BCUT2D eigenvalue weighted by atomic mass is 10.1. The third-order valence-electron chi connectivity index (χ3n) is 4.09. The van der Waals surface area contributed by atoms with Crippen molar-refractivity contribution < 1.29 is 9.21 Å². The van der Waals surface area contributed by atoms with Crippen molar-refractivity contribution in [1.82, 2.24) is 15.2 Å². The number of hydrogen-bond acceptors (Lipinski definition) is 5. The first-order valence-corrected chi connectivity index (χ1v) is 9.52. The van der Waals surface area contributed by atoms with Crippen molar-refractivity contribution in [1.29, 1.82) is 0 Å². The molecule has 0 aliphatic rings. The van der Waals surface area contributed by atoms with Crippen molar-refractivity contribution in [3.8, 4) is 0 Å². The minimum absolute atomic E-state index is 0.109. The van der Waals surface area contributed by atoms with Gasteiger partial charge in [-0.1, -0.05) is 42.1 Å². The maximum atomic E-state index is 12.1. The second-order valence-corrected chi connectivity index (χ2v) is 7.13. The van der Waals surface area contributed by atoms with Crippen molar-refractivity contribution in [2.75, 3.05) is 11.1 Å². The van der Waals surface area contributed by atoms with E-state index >= 15 is 0 Å². The highest BCUT2D eigenvalue weighted by Gasteiger charge is 2.12. The van der Waals surface area contributed by atoms with E-state index in [0.29, 0.717) is 17.5 Å². The number of fused-ring (bicyclic) bond motifs is 1. The Balaban J connectivity index is 1.35. The van der Waals surface area contributed by atoms with Crippen LogP contribution in [0.15, 0.2) is 64.4 Å². The van der Waals surface area contributed by atoms with E-state index in [0.717, 1.165) is 27.7 Å². The average Bonchev–Trinajstić information content (AvgIpc) is 3.28. The summed E-state index contributed by atoms with van der Waals surface area (Å²) in [6.45, 7) is 1.98. The molecule has 0 aliphatic carbocycles. The molecule has 0 aliphatic heterocycles. The predicted molar refractivity (Wildman–Crippen MR) is 106 cm³/mol. The lowest BCUT2D eigenvalue weighted by Gasteiger charge is -2.04. The topological polar surface area (TPSA) is 83.8 Å². The molecule has 0 fully saturated rings. The molecule has 0 bridgehead atoms. The van der Waals surface area contributed by atoms with Gasteiger partial charge in [0.25, 0.3) is 5.22 Å². The smallest absolute Gasteiger partial charge is 0.277 e. The number of anilines is 1. The summed E-state index contributed by atoms with van der Waals surface area (Å²) in [6, 6.07) is 15.8. The Morgan fingerprint density at radius 1 is 1.19 bits per heavy atom. The molecule has 2 aromatic carbocycles. The number of carbonyl (C=O) groups is 1. The molecule has 4 rings (SSSR count). The zero-order valence-corrected chi connectivity index (χ0v) is 15.5. The number of thioether (sulfide) groups is 1. The fourth-order valence-electron chi connectivity index (χ4n) is 2.86. The number of carbonyl (C=O) groups excluding carboxylic acids is 1. The Hall–Kier alpha value is -3.06. The van der Waals surface area contributed by atoms with E-state index in [4.69, 9.17) is 4.42 Å². The molecular weight excluding hydrogens is 360 g/mol. The minimum Gasteiger partial charge on any atom is -0.416 e. The van der Waals surface area contributed by atoms with Gasteiger partial charge in [0, 0.05) is 22.8 Å². The molecule has 2 N–H and O–H groups in total. The van der Waals surface area contributed by atoms with Crippen LogP contribution in [-0.4, -0.2) is 26.8 Å². The average molecular weight is 378 g/mol. The molecule has 2 heterocycles. The van der Waals surface area contributed by atoms with E-state index in [-0.39, 0.29) is 11.7 Å². The highest BCUT2D eigenvalue weighted by Crippen LogP contribution is 2.22. The van der Waals surface area contributed by atoms with Gasteiger partial charge in [0.2, 0.25) is 11.8 Å². The zero-order valence-electron chi connectivity index (χ0n) is 14.7. The van der Waals surface area contributed by atoms with Gasteiger partial charge in [0.1, 0.15) is 0 Å². The molecule has 7 heteroatoms. The van der Waals surface area contributed by atoms with Gasteiger partial charge in [-0.25, -0.2) is 0 Å². The molecule has 2 aromatic heterocycles. The first-order valence-electron chi connectivity index (χ1n) is 8.54. The SMILES string of the molecule is Cc1cccc(NC(=O)CSc2nnc(Cc3c[nH]c4ccccc34)o2)c1. The van der Waals surface area contributed by atoms with Crippen molar-refractivity contribution in [3.05, 3.63) is 71.7 Å². The molecule has 136 valence electrons. The third kappa shape index (κ3) is 4.20. The lowest BCUT2D eigenvalue weighted by molar-refractivity contribution is -0.113. The van der Waals surface area contributed by atoms with E-state index in [1.165, 1.54) is 11.8 Å². The Kier molecular flexibility index (Phi) is 4.93. The van der Waals surface area contributed by atoms with Gasteiger partial charge in [-0.15, -0.1) is 10.2 Å². The summed E-state index contributed by atoms with van der Waals surface area (Å²) in [4.78, 5) is 15.3. The van der Waals surface area contributed by atoms with Crippen LogP contribution >= 0.6 is 11.8 Å². The van der Waals surface area contributed by atoms with Crippen LogP contribution in [0.25, 0.3) is 10.9 Å². The highest BCUT2D eigenvalue weighted by molar-refractivity contribution is 7.99. The minimum atomic E-state index is -0.109. The molecule has 0 spiro atoms. The van der Waals surface area contributed by atoms with Gasteiger partial charge < -0.3 is 14.7 Å². The summed E-state index contributed by atoms with van der Waals surface area (Å²) in [7, 11) is 0. The molecule has 1 amide bonds. The van der Waals surface area contributed by atoms with Crippen molar-refractivity contribution in [2.24, 2.45) is 0 Å². The molecule has 0 radical (unpaired) electrons. The van der Waals surface area contributed by atoms with E-state index in [1.807, 2.05) is 55.6 Å². The third-order valence-corrected chi connectivity index (χ3v) is 4.91. The number of nitrogens with zero attached hydrogens (tertiary/aromatic N) is 2. The molecule has 0 atom stereocenters. The van der Waals surface area contributed by atoms with E-state index in [1.54, 1.807) is 0 Å². The normalized spacial score (nSPS) is 11.0. The van der Waals surface area contributed by atoms with Crippen LogP contribution < -0.4 is 5.32 Å². The number of benzene rings is 2. The van der Waals surface area contributed by atoms with Crippen molar-refractivity contribution >= 4 is 34.3 Å². The molecule has 27 heavy (non-hydrogen) atoms. The molecule has 0 saturated heterocycles. The Morgan fingerprint density at radius 2 is 2.07 bits per heavy atom. The van der Waals surface area contributed by atoms with Gasteiger partial charge in [0.15, 0.2) is 0 Å². The summed E-state index contributed by atoms with van der Waals surface area (Å²) in [6.07, 6.45) is 2.50. The van der Waals surface area contributed by atoms with Crippen LogP contribution in [0.1, 0.15) is 17.0 Å². The molecule has 0 unspecified atom stereocenters. The fraction of sp³-hybridized carbons (Fsp3) is 0.150. The predicted octanol–water partition coefficient (Wildman–Crippen LogP) is 4.18. The number of aryl methyl sites for hydroxylation is 1. The van der Waals surface area contributed by atoms with Crippen LogP contribution in [0.4, 0.5) is 5.69 Å². The van der Waals surface area contributed by atoms with E-state index in [2.05, 4.69) is 26.6 Å². The lowest BCUT2D eigenvalue weighted by Crippen LogP contribution is -2.13. The largest absolute Gasteiger partial charge is 0.416 e. The van der Waals surface area contributed by atoms with Crippen LogP contribution in [0.3, 0.4) is 0 Å². The van der Waals surface area contributed by atoms with Gasteiger partial charge in [-0.3, -0.25) is 4.79 Å². The first-order chi connectivity index (χ1) is 13.2. The second kappa shape index (κ2) is 7.67. The fourth-order valence-corrected chi connectivity index (χ4v) is 3.44. The number of hydrogen-bond donors (Lipinski definition) is 2. The molecule has 6 nitrogen and oxygen atoms in total. The van der Waals surface area contributed by atoms with Gasteiger partial charge in [-0.2, -0.15) is 0 Å². The highest BCUT2D eigenvalue weighted by atomic mass is 32.2. The quantitative estimate of drug-likeness (QED) is 0.492. The van der Waals surface area contributed by atoms with Crippen molar-refractivity contribution in [3.63, 3.8) is 0 Å². The Morgan fingerprint density at radius 3 is 2.96 bits per heavy atom. The van der Waals surface area contributed by atoms with Crippen LogP contribution in [0.5, 0.6) is 0 Å². The summed E-state index contributed by atoms with van der Waals surface area (Å²) < 4.78 is 5.67. The maximum absolute atomic E-state index is 12.1. The number of aromatic amines is 1. The Labute approximate surface area is 160 Å². The first kappa shape index (κ1) is 17.4. The second-order valence-electron chi connectivity index (χ2n) is 6.20. The van der Waals surface area contributed by atoms with Crippen LogP contribution in [-0.2, 0) is 11.2 Å². The number of nitrogens with one attached hydrogen (secondary N) is 2. The van der Waals surface area contributed by atoms with Crippen LogP contribution in [0, 0.1) is 6.92 Å². The Bertz CT molecular complexity index is 1090. The summed E-state index contributed by atoms with van der Waals surface area (Å²) >= 11 is 1.23. The summed E-state index contributed by atoms with van der Waals surface area (Å²) in [5, 5.41) is 12.5. The number of para-hydroxylation sites is 1.